The summed E-state index contributed by atoms with van der Waals surface area (Å²) in [6.45, 7) is 4.11. The lowest BCUT2D eigenvalue weighted by Gasteiger charge is -1.99. The summed E-state index contributed by atoms with van der Waals surface area (Å²) in [6.07, 6.45) is 6.27. The third-order valence-corrected chi connectivity index (χ3v) is 4.59. The SMILES string of the molecule is CCCCCc1nc(C)n(N=C(N)N)c1-[s+]1ccnc1. The van der Waals surface area contributed by atoms with Crippen LogP contribution < -0.4 is 11.5 Å². The Hall–Kier alpha value is -1.89. The zero-order valence-corrected chi connectivity index (χ0v) is 12.7. The molecule has 20 heavy (non-hydrogen) atoms. The summed E-state index contributed by atoms with van der Waals surface area (Å²) in [4.78, 5) is 8.80. The summed E-state index contributed by atoms with van der Waals surface area (Å²) in [5.74, 6) is 0.844. The van der Waals surface area contributed by atoms with E-state index in [0.717, 1.165) is 29.4 Å². The summed E-state index contributed by atoms with van der Waals surface area (Å²) < 4.78 is 1.75. The minimum absolute atomic E-state index is 0.0376. The van der Waals surface area contributed by atoms with Gasteiger partial charge in [-0.15, -0.1) is 5.10 Å². The van der Waals surface area contributed by atoms with Crippen molar-refractivity contribution in [2.45, 2.75) is 39.5 Å². The van der Waals surface area contributed by atoms with E-state index >= 15 is 0 Å². The summed E-state index contributed by atoms with van der Waals surface area (Å²) in [5, 5.41) is 7.29. The van der Waals surface area contributed by atoms with Gasteiger partial charge in [0.1, 0.15) is 11.5 Å². The van der Waals surface area contributed by atoms with Crippen molar-refractivity contribution in [3.8, 4) is 5.03 Å². The van der Waals surface area contributed by atoms with Gasteiger partial charge in [-0.2, -0.15) is 4.68 Å². The number of rotatable bonds is 6. The van der Waals surface area contributed by atoms with Gasteiger partial charge >= 0.3 is 0 Å². The molecule has 0 aromatic carbocycles. The molecule has 0 fully saturated rings. The number of nitrogens with zero attached hydrogens (tertiary/aromatic N) is 4. The number of imidazole rings is 1. The minimum atomic E-state index is -0.205. The molecule has 2 heterocycles. The molecule has 1 atom stereocenters. The summed E-state index contributed by atoms with van der Waals surface area (Å²) in [5.41, 5.74) is 14.0. The maximum Gasteiger partial charge on any atom is 0.297 e. The average Bonchev–Trinajstić information content (AvgIpc) is 2.99. The quantitative estimate of drug-likeness (QED) is 0.369. The van der Waals surface area contributed by atoms with Crippen LogP contribution in [0.15, 0.2) is 22.2 Å². The Morgan fingerprint density at radius 2 is 2.20 bits per heavy atom. The van der Waals surface area contributed by atoms with Crippen LogP contribution in [-0.4, -0.2) is 20.6 Å². The predicted octanol–water partition coefficient (Wildman–Crippen LogP) is 2.09. The van der Waals surface area contributed by atoms with E-state index in [2.05, 4.69) is 27.4 Å². The van der Waals surface area contributed by atoms with Gasteiger partial charge in [0.05, 0.1) is 16.7 Å². The molecule has 2 aromatic rings. The molecule has 0 spiro atoms. The number of aromatic nitrogens is 3. The number of hydrogen-bond donors (Lipinski definition) is 2. The molecule has 0 aliphatic heterocycles. The Bertz CT molecular complexity index is 580. The maximum absolute atomic E-state index is 5.52. The normalized spacial score (nSPS) is 11.6. The molecule has 108 valence electrons. The highest BCUT2D eigenvalue weighted by atomic mass is 32.2. The Balaban J connectivity index is 2.44. The van der Waals surface area contributed by atoms with E-state index < -0.39 is 0 Å². The van der Waals surface area contributed by atoms with Gasteiger partial charge in [-0.3, -0.25) is 0 Å². The Morgan fingerprint density at radius 1 is 1.40 bits per heavy atom. The van der Waals surface area contributed by atoms with Crippen LogP contribution in [0.2, 0.25) is 0 Å². The molecule has 2 aromatic heterocycles. The largest absolute Gasteiger partial charge is 0.369 e. The molecule has 0 saturated heterocycles. The highest BCUT2D eigenvalue weighted by Crippen LogP contribution is 2.34. The first-order valence-corrected chi connectivity index (χ1v) is 8.08. The molecule has 0 saturated carbocycles. The van der Waals surface area contributed by atoms with Gasteiger partial charge in [-0.05, 0) is 19.8 Å². The standard InChI is InChI=1S/C13H21N6S/c1-3-4-5-6-11-12(20-8-7-16-9-20)19(10(2)17-11)18-13(14)15/h7-9H,3-6H2,1-2H3,(H4,14,15,18)/q+1. The summed E-state index contributed by atoms with van der Waals surface area (Å²) >= 11 is 0. The summed E-state index contributed by atoms with van der Waals surface area (Å²) in [6, 6.07) is 0. The van der Waals surface area contributed by atoms with E-state index in [-0.39, 0.29) is 16.4 Å². The van der Waals surface area contributed by atoms with Gasteiger partial charge in [-0.1, -0.05) is 19.8 Å². The molecular weight excluding hydrogens is 272 g/mol. The molecule has 4 N–H and O–H groups in total. The second kappa shape index (κ2) is 6.51. The third kappa shape index (κ3) is 3.16. The Kier molecular flexibility index (Phi) is 4.73. The molecule has 0 amide bonds. The minimum Gasteiger partial charge on any atom is -0.369 e. The van der Waals surface area contributed by atoms with Crippen molar-refractivity contribution in [2.75, 3.05) is 0 Å². The number of thiazole rings is 1. The van der Waals surface area contributed by atoms with Gasteiger partial charge in [0.15, 0.2) is 5.38 Å². The van der Waals surface area contributed by atoms with Gasteiger partial charge in [-0.25, -0.2) is 9.97 Å². The van der Waals surface area contributed by atoms with Crippen molar-refractivity contribution >= 4 is 16.4 Å². The monoisotopic (exact) mass is 293 g/mol. The first-order chi connectivity index (χ1) is 9.63. The zero-order valence-electron chi connectivity index (χ0n) is 11.9. The lowest BCUT2D eigenvalue weighted by molar-refractivity contribution is 0.710. The van der Waals surface area contributed by atoms with E-state index in [4.69, 9.17) is 11.5 Å². The summed E-state index contributed by atoms with van der Waals surface area (Å²) in [7, 11) is -0.205. The number of nitrogens with two attached hydrogens (primary N) is 2. The topological polar surface area (TPSA) is 95.1 Å². The lowest BCUT2D eigenvalue weighted by Crippen LogP contribution is -2.24. The van der Waals surface area contributed by atoms with Crippen molar-refractivity contribution in [3.05, 3.63) is 28.6 Å². The van der Waals surface area contributed by atoms with Crippen molar-refractivity contribution in [2.24, 2.45) is 16.6 Å². The molecule has 7 heteroatoms. The smallest absolute Gasteiger partial charge is 0.297 e. The van der Waals surface area contributed by atoms with Gasteiger partial charge < -0.3 is 11.5 Å². The van der Waals surface area contributed by atoms with Crippen molar-refractivity contribution in [1.29, 1.82) is 0 Å². The van der Waals surface area contributed by atoms with Crippen LogP contribution in [0.1, 0.15) is 37.7 Å². The van der Waals surface area contributed by atoms with E-state index in [1.165, 1.54) is 12.8 Å². The fraction of sp³-hybridized carbons (Fsp3) is 0.462. The first-order valence-electron chi connectivity index (χ1n) is 6.73. The molecule has 0 aliphatic carbocycles. The van der Waals surface area contributed by atoms with Crippen LogP contribution in [0.5, 0.6) is 0 Å². The van der Waals surface area contributed by atoms with Crippen molar-refractivity contribution in [3.63, 3.8) is 0 Å². The molecule has 1 unspecified atom stereocenters. The fourth-order valence-electron chi connectivity index (χ4n) is 2.09. The fourth-order valence-corrected chi connectivity index (χ4v) is 3.58. The third-order valence-electron chi connectivity index (χ3n) is 2.97. The maximum atomic E-state index is 5.52. The van der Waals surface area contributed by atoms with E-state index in [1.54, 1.807) is 10.9 Å². The van der Waals surface area contributed by atoms with Crippen LogP contribution in [0.25, 0.3) is 5.03 Å². The van der Waals surface area contributed by atoms with E-state index in [9.17, 15) is 0 Å². The highest BCUT2D eigenvalue weighted by Gasteiger charge is 2.24. The van der Waals surface area contributed by atoms with Crippen LogP contribution in [0.3, 0.4) is 0 Å². The van der Waals surface area contributed by atoms with Crippen molar-refractivity contribution in [1.82, 2.24) is 14.6 Å². The zero-order chi connectivity index (χ0) is 14.5. The Morgan fingerprint density at radius 3 is 2.80 bits per heavy atom. The Labute approximate surface area is 121 Å². The molecule has 0 radical (unpaired) electrons. The lowest BCUT2D eigenvalue weighted by atomic mass is 10.2. The number of hydrogen-bond acceptors (Lipinski definition) is 3. The molecule has 6 nitrogen and oxygen atoms in total. The van der Waals surface area contributed by atoms with Crippen molar-refractivity contribution < 1.29 is 0 Å². The van der Waals surface area contributed by atoms with Crippen LogP contribution >= 0.6 is 10.5 Å². The predicted molar refractivity (Wildman–Crippen MR) is 83.0 cm³/mol. The number of aryl methyl sites for hydroxylation is 2. The molecule has 0 aliphatic rings. The van der Waals surface area contributed by atoms with Crippen LogP contribution in [0, 0.1) is 6.92 Å². The molecular formula is C13H21N6S+. The number of guanidine groups is 1. The van der Waals surface area contributed by atoms with Crippen LogP contribution in [-0.2, 0) is 6.42 Å². The van der Waals surface area contributed by atoms with Gasteiger partial charge in [0, 0.05) is 0 Å². The average molecular weight is 293 g/mol. The van der Waals surface area contributed by atoms with E-state index in [1.807, 2.05) is 12.4 Å². The van der Waals surface area contributed by atoms with E-state index in [0.29, 0.717) is 0 Å². The van der Waals surface area contributed by atoms with Gasteiger partial charge in [0.2, 0.25) is 11.5 Å². The molecule has 2 rings (SSSR count). The van der Waals surface area contributed by atoms with Gasteiger partial charge in [0.25, 0.3) is 5.03 Å². The molecule has 0 bridgehead atoms. The second-order valence-corrected chi connectivity index (χ2v) is 6.23. The highest BCUT2D eigenvalue weighted by molar-refractivity contribution is 7.36. The van der Waals surface area contributed by atoms with Crippen LogP contribution in [0.4, 0.5) is 0 Å². The second-order valence-electron chi connectivity index (χ2n) is 4.62. The number of unbranched alkanes of at least 4 members (excludes halogenated alkanes) is 2. The first kappa shape index (κ1) is 14.5.